The minimum atomic E-state index is -0.216. The van der Waals surface area contributed by atoms with Gasteiger partial charge in [-0.3, -0.25) is 14.7 Å². The molecule has 0 aromatic heterocycles. The number of rotatable bonds is 3. The van der Waals surface area contributed by atoms with Gasteiger partial charge in [0.1, 0.15) is 12.8 Å². The van der Waals surface area contributed by atoms with Crippen LogP contribution in [0.3, 0.4) is 0 Å². The van der Waals surface area contributed by atoms with E-state index in [9.17, 15) is 4.79 Å². The number of cyclic esters (lactones) is 1. The van der Waals surface area contributed by atoms with Gasteiger partial charge >= 0.3 is 6.09 Å². The minimum absolute atomic E-state index is 0.0239. The summed E-state index contributed by atoms with van der Waals surface area (Å²) in [6.07, 6.45) is 6.55. The Balaban J connectivity index is 1.60. The van der Waals surface area contributed by atoms with Gasteiger partial charge in [-0.05, 0) is 57.3 Å². The van der Waals surface area contributed by atoms with Crippen molar-refractivity contribution in [3.63, 3.8) is 0 Å². The Labute approximate surface area is 137 Å². The topological polar surface area (TPSA) is 36.0 Å². The second-order valence-electron chi connectivity index (χ2n) is 6.72. The minimum Gasteiger partial charge on any atom is -0.445 e. The Morgan fingerprint density at radius 2 is 1.65 bits per heavy atom. The molecule has 1 aromatic carbocycles. The van der Waals surface area contributed by atoms with Gasteiger partial charge in [-0.15, -0.1) is 0 Å². The molecule has 3 aliphatic heterocycles. The average molecular weight is 315 g/mol. The van der Waals surface area contributed by atoms with Crippen LogP contribution in [0.2, 0.25) is 0 Å². The maximum absolute atomic E-state index is 12.3. The second kappa shape index (κ2) is 6.49. The zero-order chi connectivity index (χ0) is 15.6. The molecule has 4 rings (SSSR count). The van der Waals surface area contributed by atoms with E-state index in [1.54, 1.807) is 0 Å². The van der Waals surface area contributed by atoms with E-state index in [2.05, 4.69) is 9.80 Å². The molecule has 3 fully saturated rings. The highest BCUT2D eigenvalue weighted by Gasteiger charge is 2.43. The van der Waals surface area contributed by atoms with E-state index < -0.39 is 0 Å². The van der Waals surface area contributed by atoms with Crippen molar-refractivity contribution in [2.75, 3.05) is 31.1 Å². The molecule has 3 saturated heterocycles. The van der Waals surface area contributed by atoms with Crippen molar-refractivity contribution in [2.45, 2.75) is 44.4 Å². The molecule has 0 spiro atoms. The third-order valence-electron chi connectivity index (χ3n) is 5.34. The summed E-state index contributed by atoms with van der Waals surface area (Å²) in [7, 11) is 0. The van der Waals surface area contributed by atoms with Crippen LogP contribution in [0.5, 0.6) is 0 Å². The number of carbonyl (C=O) groups excluding carboxylic acids is 1. The summed E-state index contributed by atoms with van der Waals surface area (Å²) in [6, 6.07) is 9.93. The number of anilines is 1. The highest BCUT2D eigenvalue weighted by molar-refractivity contribution is 5.90. The lowest BCUT2D eigenvalue weighted by Crippen LogP contribution is -2.58. The number of amides is 1. The van der Waals surface area contributed by atoms with E-state index >= 15 is 0 Å². The van der Waals surface area contributed by atoms with Gasteiger partial charge in [-0.2, -0.15) is 0 Å². The average Bonchev–Trinajstić information content (AvgIpc) is 3.25. The largest absolute Gasteiger partial charge is 0.445 e. The van der Waals surface area contributed by atoms with E-state index in [1.807, 2.05) is 35.2 Å². The predicted molar refractivity (Wildman–Crippen MR) is 89.2 cm³/mol. The molecular formula is C18H25N3O2. The number of hydrogen-bond donors (Lipinski definition) is 0. The number of ether oxygens (including phenoxy) is 1. The standard InChI is InChI=1S/C18H25N3O2/c22-18-21(15-8-2-1-3-9-15)17(14-23-18)20-13-5-4-10-16(20)19-11-6-7-12-19/h1-3,8-9,16-17H,4-7,10-14H2. The molecule has 0 aliphatic carbocycles. The van der Waals surface area contributed by atoms with Crippen LogP contribution in [0.1, 0.15) is 32.1 Å². The number of likely N-dealkylation sites (tertiary alicyclic amines) is 2. The third-order valence-corrected chi connectivity index (χ3v) is 5.34. The summed E-state index contributed by atoms with van der Waals surface area (Å²) in [5.41, 5.74) is 0.936. The lowest BCUT2D eigenvalue weighted by Gasteiger charge is -2.45. The number of hydrogen-bond acceptors (Lipinski definition) is 4. The number of para-hydroxylation sites is 1. The Morgan fingerprint density at radius 3 is 2.43 bits per heavy atom. The molecule has 0 N–H and O–H groups in total. The zero-order valence-corrected chi connectivity index (χ0v) is 13.6. The molecule has 2 atom stereocenters. The van der Waals surface area contributed by atoms with E-state index in [-0.39, 0.29) is 12.3 Å². The molecule has 2 unspecified atom stereocenters. The molecule has 1 amide bonds. The molecule has 0 radical (unpaired) electrons. The van der Waals surface area contributed by atoms with E-state index in [0.29, 0.717) is 12.8 Å². The van der Waals surface area contributed by atoms with Gasteiger partial charge in [0.15, 0.2) is 0 Å². The SMILES string of the molecule is O=C1OCC(N2CCCCC2N2CCCC2)N1c1ccccc1. The molecule has 3 aliphatic rings. The van der Waals surface area contributed by atoms with Gasteiger partial charge in [0.05, 0.1) is 6.17 Å². The van der Waals surface area contributed by atoms with Gasteiger partial charge in [-0.1, -0.05) is 18.2 Å². The van der Waals surface area contributed by atoms with Crippen LogP contribution in [0, 0.1) is 0 Å². The highest BCUT2D eigenvalue weighted by atomic mass is 16.6. The first-order valence-electron chi connectivity index (χ1n) is 8.85. The molecule has 0 bridgehead atoms. The molecule has 3 heterocycles. The van der Waals surface area contributed by atoms with Crippen molar-refractivity contribution >= 4 is 11.8 Å². The fourth-order valence-corrected chi connectivity index (χ4v) is 4.24. The first kappa shape index (κ1) is 15.0. The predicted octanol–water partition coefficient (Wildman–Crippen LogP) is 2.88. The van der Waals surface area contributed by atoms with Crippen LogP contribution in [0.4, 0.5) is 10.5 Å². The Hall–Kier alpha value is -1.59. The van der Waals surface area contributed by atoms with Crippen LogP contribution < -0.4 is 4.90 Å². The van der Waals surface area contributed by atoms with Crippen LogP contribution in [-0.4, -0.2) is 54.5 Å². The van der Waals surface area contributed by atoms with E-state index in [4.69, 9.17) is 4.74 Å². The Bertz CT molecular complexity index is 544. The molecular weight excluding hydrogens is 290 g/mol. The lowest BCUT2D eigenvalue weighted by atomic mass is 10.1. The van der Waals surface area contributed by atoms with E-state index in [0.717, 1.165) is 12.2 Å². The van der Waals surface area contributed by atoms with Gasteiger partial charge in [0, 0.05) is 12.2 Å². The Kier molecular flexibility index (Phi) is 4.23. The van der Waals surface area contributed by atoms with Crippen molar-refractivity contribution < 1.29 is 9.53 Å². The van der Waals surface area contributed by atoms with E-state index in [1.165, 1.54) is 45.2 Å². The molecule has 1 aromatic rings. The number of piperidine rings is 1. The molecule has 0 saturated carbocycles. The smallest absolute Gasteiger partial charge is 0.415 e. The molecule has 5 nitrogen and oxygen atoms in total. The van der Waals surface area contributed by atoms with Gasteiger partial charge in [0.2, 0.25) is 0 Å². The van der Waals surface area contributed by atoms with Crippen LogP contribution in [0.15, 0.2) is 30.3 Å². The van der Waals surface area contributed by atoms with Crippen LogP contribution in [-0.2, 0) is 4.74 Å². The summed E-state index contributed by atoms with van der Waals surface area (Å²) in [4.78, 5) is 19.3. The van der Waals surface area contributed by atoms with Crippen LogP contribution >= 0.6 is 0 Å². The number of carbonyl (C=O) groups is 1. The third kappa shape index (κ3) is 2.83. The van der Waals surface area contributed by atoms with Gasteiger partial charge in [0.25, 0.3) is 0 Å². The number of nitrogens with zero attached hydrogens (tertiary/aromatic N) is 3. The highest BCUT2D eigenvalue weighted by Crippen LogP contribution is 2.31. The summed E-state index contributed by atoms with van der Waals surface area (Å²) in [5.74, 6) is 0. The second-order valence-corrected chi connectivity index (χ2v) is 6.72. The van der Waals surface area contributed by atoms with Crippen molar-refractivity contribution in [2.24, 2.45) is 0 Å². The molecule has 5 heteroatoms. The fourth-order valence-electron chi connectivity index (χ4n) is 4.24. The summed E-state index contributed by atoms with van der Waals surface area (Å²) >= 11 is 0. The molecule has 23 heavy (non-hydrogen) atoms. The Morgan fingerprint density at radius 1 is 0.913 bits per heavy atom. The first-order valence-corrected chi connectivity index (χ1v) is 8.85. The quantitative estimate of drug-likeness (QED) is 0.859. The van der Waals surface area contributed by atoms with Gasteiger partial charge in [-0.25, -0.2) is 4.79 Å². The lowest BCUT2D eigenvalue weighted by molar-refractivity contribution is -0.00499. The zero-order valence-electron chi connectivity index (χ0n) is 13.6. The summed E-state index contributed by atoms with van der Waals surface area (Å²) in [6.45, 7) is 3.89. The first-order chi connectivity index (χ1) is 11.3. The monoisotopic (exact) mass is 315 g/mol. The van der Waals surface area contributed by atoms with Crippen molar-refractivity contribution in [3.05, 3.63) is 30.3 Å². The summed E-state index contributed by atoms with van der Waals surface area (Å²) in [5, 5.41) is 0. The van der Waals surface area contributed by atoms with Crippen LogP contribution in [0.25, 0.3) is 0 Å². The van der Waals surface area contributed by atoms with Crippen molar-refractivity contribution in [1.82, 2.24) is 9.80 Å². The summed E-state index contributed by atoms with van der Waals surface area (Å²) < 4.78 is 5.42. The maximum atomic E-state index is 12.3. The fraction of sp³-hybridized carbons (Fsp3) is 0.611. The molecule has 124 valence electrons. The van der Waals surface area contributed by atoms with Gasteiger partial charge < -0.3 is 4.74 Å². The van der Waals surface area contributed by atoms with Crippen molar-refractivity contribution in [1.29, 1.82) is 0 Å². The number of benzene rings is 1. The van der Waals surface area contributed by atoms with Crippen molar-refractivity contribution in [3.8, 4) is 0 Å². The normalized spacial score (nSPS) is 29.9. The maximum Gasteiger partial charge on any atom is 0.415 e.